The lowest BCUT2D eigenvalue weighted by atomic mass is 10.1. The number of benzene rings is 2. The number of aryl methyl sites for hydroxylation is 1. The molecule has 6 nitrogen and oxygen atoms in total. The summed E-state index contributed by atoms with van der Waals surface area (Å²) < 4.78 is 11.1. The second-order valence-electron chi connectivity index (χ2n) is 6.71. The van der Waals surface area contributed by atoms with Gasteiger partial charge in [-0.3, -0.25) is 4.79 Å². The molecule has 2 aromatic rings. The molecule has 0 aromatic heterocycles. The van der Waals surface area contributed by atoms with Crippen LogP contribution in [0.2, 0.25) is 0 Å². The number of methoxy groups -OCH3 is 1. The lowest BCUT2D eigenvalue weighted by Gasteiger charge is -2.21. The van der Waals surface area contributed by atoms with Crippen LogP contribution in [0.3, 0.4) is 0 Å². The van der Waals surface area contributed by atoms with Crippen molar-refractivity contribution in [2.45, 2.75) is 32.1 Å². The molecule has 1 heterocycles. The number of amides is 1. The van der Waals surface area contributed by atoms with E-state index in [1.165, 1.54) is 12.0 Å². The number of rotatable bonds is 6. The molecule has 2 aromatic carbocycles. The Kier molecular flexibility index (Phi) is 5.76. The molecule has 142 valence electrons. The lowest BCUT2D eigenvalue weighted by molar-refractivity contribution is -0.141. The summed E-state index contributed by atoms with van der Waals surface area (Å²) in [7, 11) is 1.53. The molecule has 3 rings (SSSR count). The number of likely N-dealkylation sites (tertiary alicyclic amines) is 1. The number of carbonyl (C=O) groups excluding carboxylic acids is 1. The van der Waals surface area contributed by atoms with Crippen LogP contribution in [0.15, 0.2) is 48.5 Å². The third kappa shape index (κ3) is 4.46. The molecule has 1 amide bonds. The van der Waals surface area contributed by atoms with Crippen LogP contribution in [-0.2, 0) is 16.1 Å². The van der Waals surface area contributed by atoms with E-state index >= 15 is 0 Å². The Balaban J connectivity index is 1.72. The van der Waals surface area contributed by atoms with Gasteiger partial charge in [-0.25, -0.2) is 4.79 Å². The van der Waals surface area contributed by atoms with Gasteiger partial charge in [0.1, 0.15) is 18.4 Å². The van der Waals surface area contributed by atoms with Gasteiger partial charge in [-0.15, -0.1) is 0 Å². The zero-order valence-electron chi connectivity index (χ0n) is 15.4. The van der Waals surface area contributed by atoms with E-state index in [0.29, 0.717) is 24.3 Å². The number of carboxylic acids is 1. The van der Waals surface area contributed by atoms with Crippen LogP contribution >= 0.6 is 0 Å². The summed E-state index contributed by atoms with van der Waals surface area (Å²) in [4.78, 5) is 25.7. The SMILES string of the molecule is COC1CC(C(=O)O)N(C(=O)c2cccc(OCc3cccc(C)c3)c2)C1. The van der Waals surface area contributed by atoms with E-state index in [2.05, 4.69) is 0 Å². The molecular formula is C21H23NO5. The molecule has 0 bridgehead atoms. The van der Waals surface area contributed by atoms with Gasteiger partial charge in [-0.1, -0.05) is 35.9 Å². The first kappa shape index (κ1) is 18.9. The molecule has 1 aliphatic heterocycles. The van der Waals surface area contributed by atoms with Crippen molar-refractivity contribution >= 4 is 11.9 Å². The summed E-state index contributed by atoms with van der Waals surface area (Å²) in [5.74, 6) is -0.783. The molecule has 0 radical (unpaired) electrons. The number of nitrogens with zero attached hydrogens (tertiary/aromatic N) is 1. The second-order valence-corrected chi connectivity index (χ2v) is 6.71. The topological polar surface area (TPSA) is 76.1 Å². The average molecular weight is 369 g/mol. The van der Waals surface area contributed by atoms with Crippen molar-refractivity contribution in [3.8, 4) is 5.75 Å². The van der Waals surface area contributed by atoms with E-state index < -0.39 is 12.0 Å². The first-order valence-corrected chi connectivity index (χ1v) is 8.83. The van der Waals surface area contributed by atoms with Crippen molar-refractivity contribution in [2.75, 3.05) is 13.7 Å². The molecule has 2 atom stereocenters. The highest BCUT2D eigenvalue weighted by Gasteiger charge is 2.40. The van der Waals surface area contributed by atoms with E-state index in [1.807, 2.05) is 31.2 Å². The zero-order chi connectivity index (χ0) is 19.4. The molecule has 1 aliphatic rings. The minimum Gasteiger partial charge on any atom is -0.489 e. The Morgan fingerprint density at radius 1 is 1.19 bits per heavy atom. The van der Waals surface area contributed by atoms with Gasteiger partial charge in [-0.05, 0) is 30.7 Å². The Hall–Kier alpha value is -2.86. The van der Waals surface area contributed by atoms with Gasteiger partial charge < -0.3 is 19.5 Å². The summed E-state index contributed by atoms with van der Waals surface area (Å²) >= 11 is 0. The van der Waals surface area contributed by atoms with Gasteiger partial charge in [0.2, 0.25) is 0 Å². The second kappa shape index (κ2) is 8.22. The number of hydrogen-bond acceptors (Lipinski definition) is 4. The minimum absolute atomic E-state index is 0.265. The maximum Gasteiger partial charge on any atom is 0.326 e. The predicted octanol–water partition coefficient (Wildman–Crippen LogP) is 2.89. The summed E-state index contributed by atoms with van der Waals surface area (Å²) in [5.41, 5.74) is 2.60. The normalized spacial score (nSPS) is 19.1. The van der Waals surface area contributed by atoms with Gasteiger partial charge in [0.25, 0.3) is 5.91 Å². The third-order valence-corrected chi connectivity index (χ3v) is 4.71. The van der Waals surface area contributed by atoms with Gasteiger partial charge >= 0.3 is 5.97 Å². The minimum atomic E-state index is -1.02. The smallest absolute Gasteiger partial charge is 0.326 e. The van der Waals surface area contributed by atoms with Crippen LogP contribution in [0.4, 0.5) is 0 Å². The first-order chi connectivity index (χ1) is 13.0. The Labute approximate surface area is 158 Å². The number of carbonyl (C=O) groups is 2. The Bertz CT molecular complexity index is 835. The van der Waals surface area contributed by atoms with Gasteiger partial charge in [0.15, 0.2) is 0 Å². The number of hydrogen-bond donors (Lipinski definition) is 1. The largest absolute Gasteiger partial charge is 0.489 e. The summed E-state index contributed by atoms with van der Waals surface area (Å²) in [6.45, 7) is 2.68. The van der Waals surface area contributed by atoms with Gasteiger partial charge in [0, 0.05) is 25.6 Å². The van der Waals surface area contributed by atoms with E-state index in [9.17, 15) is 14.7 Å². The molecular weight excluding hydrogens is 346 g/mol. The van der Waals surface area contributed by atoms with Crippen LogP contribution in [-0.4, -0.2) is 47.7 Å². The summed E-state index contributed by atoms with van der Waals surface area (Å²) in [5, 5.41) is 9.41. The fourth-order valence-corrected chi connectivity index (χ4v) is 3.28. The van der Waals surface area contributed by atoms with Crippen molar-refractivity contribution in [1.82, 2.24) is 4.90 Å². The van der Waals surface area contributed by atoms with E-state index in [4.69, 9.17) is 9.47 Å². The number of carboxylic acid groups (broad SMARTS) is 1. The molecule has 0 spiro atoms. The molecule has 27 heavy (non-hydrogen) atoms. The monoisotopic (exact) mass is 369 g/mol. The van der Waals surface area contributed by atoms with Gasteiger partial charge in [0.05, 0.1) is 6.10 Å². The Morgan fingerprint density at radius 2 is 1.96 bits per heavy atom. The van der Waals surface area contributed by atoms with Crippen LogP contribution in [0.1, 0.15) is 27.9 Å². The fourth-order valence-electron chi connectivity index (χ4n) is 3.28. The quantitative estimate of drug-likeness (QED) is 0.847. The Morgan fingerprint density at radius 3 is 2.67 bits per heavy atom. The third-order valence-electron chi connectivity index (χ3n) is 4.71. The van der Waals surface area contributed by atoms with Crippen LogP contribution < -0.4 is 4.74 Å². The number of aliphatic carboxylic acids is 1. The zero-order valence-corrected chi connectivity index (χ0v) is 15.4. The molecule has 6 heteroatoms. The van der Waals surface area contributed by atoms with Crippen molar-refractivity contribution in [2.24, 2.45) is 0 Å². The van der Waals surface area contributed by atoms with E-state index in [-0.39, 0.29) is 18.6 Å². The molecule has 1 saturated heterocycles. The van der Waals surface area contributed by atoms with E-state index in [0.717, 1.165) is 11.1 Å². The van der Waals surface area contributed by atoms with Crippen molar-refractivity contribution < 1.29 is 24.2 Å². The molecule has 1 fully saturated rings. The van der Waals surface area contributed by atoms with E-state index in [1.54, 1.807) is 24.3 Å². The lowest BCUT2D eigenvalue weighted by Crippen LogP contribution is -2.40. The highest BCUT2D eigenvalue weighted by atomic mass is 16.5. The molecule has 0 aliphatic carbocycles. The summed E-state index contributed by atoms with van der Waals surface area (Å²) in [6.07, 6.45) is 0.0250. The summed E-state index contributed by atoms with van der Waals surface area (Å²) in [6, 6.07) is 14.0. The highest BCUT2D eigenvalue weighted by molar-refractivity contribution is 5.97. The van der Waals surface area contributed by atoms with Crippen LogP contribution in [0, 0.1) is 6.92 Å². The van der Waals surface area contributed by atoms with Crippen LogP contribution in [0.5, 0.6) is 5.75 Å². The van der Waals surface area contributed by atoms with Crippen LogP contribution in [0.25, 0.3) is 0 Å². The maximum atomic E-state index is 12.8. The number of ether oxygens (including phenoxy) is 2. The average Bonchev–Trinajstić information content (AvgIpc) is 3.11. The maximum absolute atomic E-state index is 12.8. The molecule has 1 N–H and O–H groups in total. The predicted molar refractivity (Wildman–Crippen MR) is 99.8 cm³/mol. The van der Waals surface area contributed by atoms with Crippen molar-refractivity contribution in [1.29, 1.82) is 0 Å². The van der Waals surface area contributed by atoms with Gasteiger partial charge in [-0.2, -0.15) is 0 Å². The first-order valence-electron chi connectivity index (χ1n) is 8.83. The highest BCUT2D eigenvalue weighted by Crippen LogP contribution is 2.24. The van der Waals surface area contributed by atoms with Crippen molar-refractivity contribution in [3.05, 3.63) is 65.2 Å². The molecule has 0 saturated carbocycles. The standard InChI is InChI=1S/C21H23NO5/c1-14-5-3-6-15(9-14)13-27-17-8-4-7-16(10-17)20(23)22-12-18(26-2)11-19(22)21(24)25/h3-10,18-19H,11-13H2,1-2H3,(H,24,25). The fraction of sp³-hybridized carbons (Fsp3) is 0.333. The van der Waals surface area contributed by atoms with Crippen molar-refractivity contribution in [3.63, 3.8) is 0 Å². The molecule has 2 unspecified atom stereocenters.